The fourth-order valence-electron chi connectivity index (χ4n) is 1.19. The van der Waals surface area contributed by atoms with Crippen LogP contribution in [0.2, 0.25) is 5.15 Å². The van der Waals surface area contributed by atoms with Crippen LogP contribution in [0.1, 0.15) is 11.5 Å². The maximum Gasteiger partial charge on any atom is 0.134 e. The van der Waals surface area contributed by atoms with Crippen molar-refractivity contribution in [3.63, 3.8) is 0 Å². The molecular weight excluding hydrogens is 214 g/mol. The summed E-state index contributed by atoms with van der Waals surface area (Å²) in [4.78, 5) is 15.1. The van der Waals surface area contributed by atoms with Crippen LogP contribution in [-0.2, 0) is 6.54 Å². The molecule has 6 heteroatoms. The highest BCUT2D eigenvalue weighted by atomic mass is 35.5. The summed E-state index contributed by atoms with van der Waals surface area (Å²) in [5.41, 5.74) is 0.988. The normalized spacial score (nSPS) is 10.3. The van der Waals surface area contributed by atoms with Crippen molar-refractivity contribution < 1.29 is 0 Å². The van der Waals surface area contributed by atoms with E-state index in [1.165, 1.54) is 0 Å². The minimum atomic E-state index is 0.439. The van der Waals surface area contributed by atoms with Crippen molar-refractivity contribution >= 4 is 17.4 Å². The van der Waals surface area contributed by atoms with E-state index in [-0.39, 0.29) is 0 Å². The number of aryl methyl sites for hydroxylation is 1. The van der Waals surface area contributed by atoms with E-state index in [9.17, 15) is 0 Å². The number of anilines is 1. The van der Waals surface area contributed by atoms with Gasteiger partial charge in [-0.15, -0.1) is 0 Å². The Bertz CT molecular complexity index is 420. The Morgan fingerprint density at radius 2 is 2.33 bits per heavy atom. The number of hydrogen-bond acceptors (Lipinski definition) is 4. The molecule has 0 spiro atoms. The number of aromatic amines is 1. The van der Waals surface area contributed by atoms with Crippen LogP contribution >= 0.6 is 11.6 Å². The summed E-state index contributed by atoms with van der Waals surface area (Å²) in [7, 11) is 0. The zero-order chi connectivity index (χ0) is 10.7. The smallest absolute Gasteiger partial charge is 0.134 e. The number of hydrogen-bond donors (Lipinski definition) is 2. The topological polar surface area (TPSA) is 66.5 Å². The Morgan fingerprint density at radius 1 is 1.47 bits per heavy atom. The van der Waals surface area contributed by atoms with Gasteiger partial charge in [0, 0.05) is 12.3 Å². The molecule has 0 bridgehead atoms. The van der Waals surface area contributed by atoms with Crippen LogP contribution in [-0.4, -0.2) is 19.9 Å². The Balaban J connectivity index is 2.05. The molecule has 0 saturated carbocycles. The zero-order valence-corrected chi connectivity index (χ0v) is 8.91. The molecule has 2 N–H and O–H groups in total. The van der Waals surface area contributed by atoms with Crippen LogP contribution in [0.4, 0.5) is 5.82 Å². The number of aromatic nitrogens is 4. The molecule has 0 aliphatic rings. The van der Waals surface area contributed by atoms with Crippen LogP contribution in [0.25, 0.3) is 0 Å². The van der Waals surface area contributed by atoms with E-state index in [0.29, 0.717) is 23.3 Å². The van der Waals surface area contributed by atoms with Crippen LogP contribution in [0.15, 0.2) is 18.6 Å². The second kappa shape index (κ2) is 4.27. The Labute approximate surface area is 91.9 Å². The molecule has 0 fully saturated rings. The third kappa shape index (κ3) is 2.66. The average molecular weight is 224 g/mol. The number of nitrogens with zero attached hydrogens (tertiary/aromatic N) is 3. The minimum absolute atomic E-state index is 0.439. The van der Waals surface area contributed by atoms with E-state index < -0.39 is 0 Å². The van der Waals surface area contributed by atoms with Gasteiger partial charge >= 0.3 is 0 Å². The van der Waals surface area contributed by atoms with Crippen molar-refractivity contribution in [2.45, 2.75) is 13.5 Å². The lowest BCUT2D eigenvalue weighted by molar-refractivity contribution is 1.00. The first-order valence-electron chi connectivity index (χ1n) is 4.46. The number of imidazole rings is 1. The summed E-state index contributed by atoms with van der Waals surface area (Å²) in [6.07, 6.45) is 3.39. The number of nitrogens with one attached hydrogen (secondary N) is 2. The lowest BCUT2D eigenvalue weighted by atomic mass is 10.4. The first kappa shape index (κ1) is 9.92. The molecule has 2 aromatic rings. The average Bonchev–Trinajstić information content (AvgIpc) is 2.65. The van der Waals surface area contributed by atoms with Crippen molar-refractivity contribution in [2.24, 2.45) is 0 Å². The van der Waals surface area contributed by atoms with E-state index in [4.69, 9.17) is 11.6 Å². The predicted molar refractivity (Wildman–Crippen MR) is 57.7 cm³/mol. The summed E-state index contributed by atoms with van der Waals surface area (Å²) in [5.74, 6) is 1.36. The molecule has 0 amide bonds. The van der Waals surface area contributed by atoms with Gasteiger partial charge in [0.05, 0.1) is 18.6 Å². The molecule has 0 atom stereocenters. The maximum absolute atomic E-state index is 5.80. The summed E-state index contributed by atoms with van der Waals surface area (Å²) in [6, 6.07) is 1.69. The molecule has 2 heterocycles. The Morgan fingerprint density at radius 3 is 3.00 bits per heavy atom. The van der Waals surface area contributed by atoms with Gasteiger partial charge < -0.3 is 10.3 Å². The summed E-state index contributed by atoms with van der Waals surface area (Å²) in [5, 5.41) is 3.56. The van der Waals surface area contributed by atoms with Crippen LogP contribution in [0.5, 0.6) is 0 Å². The molecule has 5 nitrogen and oxygen atoms in total. The molecule has 0 radical (unpaired) electrons. The van der Waals surface area contributed by atoms with E-state index in [1.807, 2.05) is 0 Å². The highest BCUT2D eigenvalue weighted by molar-refractivity contribution is 6.29. The summed E-state index contributed by atoms with van der Waals surface area (Å²) in [6.45, 7) is 2.43. The first-order valence-corrected chi connectivity index (χ1v) is 4.84. The van der Waals surface area contributed by atoms with Gasteiger partial charge in [0.15, 0.2) is 0 Å². The fourth-order valence-corrected chi connectivity index (χ4v) is 1.41. The molecular formula is C9H10ClN5. The van der Waals surface area contributed by atoms with E-state index in [0.717, 1.165) is 5.69 Å². The third-order valence-corrected chi connectivity index (χ3v) is 2.02. The van der Waals surface area contributed by atoms with Gasteiger partial charge in [-0.1, -0.05) is 11.6 Å². The van der Waals surface area contributed by atoms with Crippen molar-refractivity contribution in [1.29, 1.82) is 0 Å². The Hall–Kier alpha value is -1.62. The van der Waals surface area contributed by atoms with Crippen LogP contribution in [0, 0.1) is 6.92 Å². The lowest BCUT2D eigenvalue weighted by Gasteiger charge is -2.04. The van der Waals surface area contributed by atoms with E-state index >= 15 is 0 Å². The highest BCUT2D eigenvalue weighted by Crippen LogP contribution is 2.11. The van der Waals surface area contributed by atoms with Gasteiger partial charge in [-0.2, -0.15) is 0 Å². The molecule has 78 valence electrons. The molecule has 0 aliphatic heterocycles. The van der Waals surface area contributed by atoms with Crippen molar-refractivity contribution in [2.75, 3.05) is 5.32 Å². The van der Waals surface area contributed by atoms with E-state index in [1.54, 1.807) is 25.5 Å². The maximum atomic E-state index is 5.80. The van der Waals surface area contributed by atoms with Crippen molar-refractivity contribution in [3.05, 3.63) is 35.3 Å². The Kier molecular flexibility index (Phi) is 2.82. The third-order valence-electron chi connectivity index (χ3n) is 1.82. The van der Waals surface area contributed by atoms with Gasteiger partial charge in [0.25, 0.3) is 0 Å². The second-order valence-corrected chi connectivity index (χ2v) is 3.44. The lowest BCUT2D eigenvalue weighted by Crippen LogP contribution is -2.03. The van der Waals surface area contributed by atoms with Crippen LogP contribution in [0.3, 0.4) is 0 Å². The highest BCUT2D eigenvalue weighted by Gasteiger charge is 2.00. The second-order valence-electron chi connectivity index (χ2n) is 3.05. The first-order chi connectivity index (χ1) is 7.24. The van der Waals surface area contributed by atoms with Gasteiger partial charge in [0.1, 0.15) is 16.8 Å². The largest absolute Gasteiger partial charge is 0.364 e. The monoisotopic (exact) mass is 223 g/mol. The molecule has 0 aromatic carbocycles. The zero-order valence-electron chi connectivity index (χ0n) is 8.16. The van der Waals surface area contributed by atoms with Crippen molar-refractivity contribution in [3.8, 4) is 0 Å². The SMILES string of the molecule is Cc1nc(Cl)cc(NCc2cnc[nH]2)n1. The summed E-state index contributed by atoms with van der Waals surface area (Å²) < 4.78 is 0. The molecule has 0 unspecified atom stereocenters. The van der Waals surface area contributed by atoms with Gasteiger partial charge in [0.2, 0.25) is 0 Å². The predicted octanol–water partition coefficient (Wildman–Crippen LogP) is 1.77. The van der Waals surface area contributed by atoms with Gasteiger partial charge in [-0.3, -0.25) is 0 Å². The van der Waals surface area contributed by atoms with E-state index in [2.05, 4.69) is 25.3 Å². The molecule has 0 aliphatic carbocycles. The van der Waals surface area contributed by atoms with Gasteiger partial charge in [-0.05, 0) is 6.92 Å². The number of rotatable bonds is 3. The molecule has 15 heavy (non-hydrogen) atoms. The molecule has 0 saturated heterocycles. The van der Waals surface area contributed by atoms with Gasteiger partial charge in [-0.25, -0.2) is 15.0 Å². The molecule has 2 aromatic heterocycles. The number of H-pyrrole nitrogens is 1. The summed E-state index contributed by atoms with van der Waals surface area (Å²) >= 11 is 5.80. The minimum Gasteiger partial charge on any atom is -0.364 e. The quantitative estimate of drug-likeness (QED) is 0.779. The fraction of sp³-hybridized carbons (Fsp3) is 0.222. The standard InChI is InChI=1S/C9H10ClN5/c1-6-14-8(10)2-9(15-6)12-4-7-3-11-5-13-7/h2-3,5H,4H2,1H3,(H,11,13)(H,12,14,15). The van der Waals surface area contributed by atoms with Crippen molar-refractivity contribution in [1.82, 2.24) is 19.9 Å². The number of halogens is 1. The van der Waals surface area contributed by atoms with Crippen LogP contribution < -0.4 is 5.32 Å². The molecule has 2 rings (SSSR count).